The highest BCUT2D eigenvalue weighted by atomic mass is 32.1. The van der Waals surface area contributed by atoms with Crippen molar-refractivity contribution in [2.45, 2.75) is 12.0 Å². The first-order valence-electron chi connectivity index (χ1n) is 7.14. The maximum absolute atomic E-state index is 9.90. The van der Waals surface area contributed by atoms with Gasteiger partial charge in [0.05, 0.1) is 6.61 Å². The van der Waals surface area contributed by atoms with Gasteiger partial charge in [-0.3, -0.25) is 0 Å². The fourth-order valence-corrected chi connectivity index (χ4v) is 3.81. The molecule has 0 saturated carbocycles. The van der Waals surface area contributed by atoms with Crippen LogP contribution in [-0.4, -0.2) is 18.8 Å². The highest BCUT2D eigenvalue weighted by Gasteiger charge is 2.24. The topological polar surface area (TPSA) is 32.3 Å². The number of rotatable bonds is 5. The van der Waals surface area contributed by atoms with Gasteiger partial charge >= 0.3 is 0 Å². The van der Waals surface area contributed by atoms with E-state index in [9.17, 15) is 5.11 Å². The molecule has 2 unspecified atom stereocenters. The predicted molar refractivity (Wildman–Crippen MR) is 89.9 cm³/mol. The molecule has 0 fully saturated rings. The molecule has 2 N–H and O–H groups in total. The van der Waals surface area contributed by atoms with E-state index in [2.05, 4.69) is 59.2 Å². The Morgan fingerprint density at radius 3 is 2.57 bits per heavy atom. The molecule has 0 radical (unpaired) electrons. The third-order valence-corrected chi connectivity index (χ3v) is 4.98. The first-order chi connectivity index (χ1) is 10.3. The van der Waals surface area contributed by atoms with Gasteiger partial charge in [-0.1, -0.05) is 48.5 Å². The number of hydrogen-bond acceptors (Lipinski definition) is 3. The highest BCUT2D eigenvalue weighted by Crippen LogP contribution is 2.36. The van der Waals surface area contributed by atoms with Crippen molar-refractivity contribution in [1.82, 2.24) is 5.32 Å². The minimum absolute atomic E-state index is 0.0702. The molecule has 21 heavy (non-hydrogen) atoms. The van der Waals surface area contributed by atoms with Crippen molar-refractivity contribution < 1.29 is 5.11 Å². The van der Waals surface area contributed by atoms with Crippen molar-refractivity contribution >= 4 is 22.1 Å². The van der Waals surface area contributed by atoms with Gasteiger partial charge in [-0.25, -0.2) is 0 Å². The van der Waals surface area contributed by atoms with Crippen LogP contribution in [0.5, 0.6) is 0 Å². The first-order valence-corrected chi connectivity index (χ1v) is 8.02. The Bertz CT molecular complexity index is 703. The lowest BCUT2D eigenvalue weighted by molar-refractivity contribution is 0.241. The molecule has 1 aromatic heterocycles. The van der Waals surface area contributed by atoms with Crippen LogP contribution in [0.4, 0.5) is 0 Å². The SMILES string of the molecule is CNC(c1cccc2ccccc12)C(CO)c1cccs1. The molecule has 108 valence electrons. The fraction of sp³-hybridized carbons (Fsp3) is 0.222. The van der Waals surface area contributed by atoms with Gasteiger partial charge in [0.15, 0.2) is 0 Å². The number of nitrogens with one attached hydrogen (secondary N) is 1. The maximum atomic E-state index is 9.90. The minimum atomic E-state index is 0.0702. The van der Waals surface area contributed by atoms with Gasteiger partial charge in [-0.15, -0.1) is 11.3 Å². The van der Waals surface area contributed by atoms with E-state index >= 15 is 0 Å². The summed E-state index contributed by atoms with van der Waals surface area (Å²) in [6.07, 6.45) is 0. The molecule has 0 aliphatic carbocycles. The number of aliphatic hydroxyl groups is 1. The maximum Gasteiger partial charge on any atom is 0.0526 e. The summed E-state index contributed by atoms with van der Waals surface area (Å²) < 4.78 is 0. The molecule has 0 amide bonds. The van der Waals surface area contributed by atoms with Crippen LogP contribution in [0.2, 0.25) is 0 Å². The molecular formula is C18H19NOS. The number of aliphatic hydroxyl groups excluding tert-OH is 1. The number of likely N-dealkylation sites (N-methyl/N-ethyl adjacent to an activating group) is 1. The van der Waals surface area contributed by atoms with Crippen LogP contribution in [0.1, 0.15) is 22.4 Å². The first kappa shape index (κ1) is 14.3. The van der Waals surface area contributed by atoms with E-state index in [4.69, 9.17) is 0 Å². The Hall–Kier alpha value is -1.68. The van der Waals surface area contributed by atoms with Crippen LogP contribution in [0.15, 0.2) is 60.0 Å². The van der Waals surface area contributed by atoms with Crippen molar-refractivity contribution in [1.29, 1.82) is 0 Å². The molecule has 2 aromatic carbocycles. The lowest BCUT2D eigenvalue weighted by Crippen LogP contribution is -2.25. The summed E-state index contributed by atoms with van der Waals surface area (Å²) in [6.45, 7) is 0.134. The summed E-state index contributed by atoms with van der Waals surface area (Å²) in [5.74, 6) is 0.0702. The molecular weight excluding hydrogens is 278 g/mol. The van der Waals surface area contributed by atoms with Gasteiger partial charge in [0.25, 0.3) is 0 Å². The number of hydrogen-bond donors (Lipinski definition) is 2. The summed E-state index contributed by atoms with van der Waals surface area (Å²) in [4.78, 5) is 1.21. The van der Waals surface area contributed by atoms with E-state index in [0.29, 0.717) is 0 Å². The molecule has 0 bridgehead atoms. The molecule has 0 aliphatic heterocycles. The standard InChI is InChI=1S/C18H19NOS/c1-19-18(16(12-20)17-10-5-11-21-17)15-9-4-7-13-6-2-3-8-14(13)15/h2-11,16,18-20H,12H2,1H3. The quantitative estimate of drug-likeness (QED) is 0.747. The smallest absolute Gasteiger partial charge is 0.0526 e. The third-order valence-electron chi connectivity index (χ3n) is 3.98. The Balaban J connectivity index is 2.09. The van der Waals surface area contributed by atoms with Crippen molar-refractivity contribution in [3.8, 4) is 0 Å². The monoisotopic (exact) mass is 297 g/mol. The second-order valence-electron chi connectivity index (χ2n) is 5.14. The van der Waals surface area contributed by atoms with Gasteiger partial charge in [0.2, 0.25) is 0 Å². The van der Waals surface area contributed by atoms with Crippen molar-refractivity contribution in [2.24, 2.45) is 0 Å². The molecule has 3 aromatic rings. The van der Waals surface area contributed by atoms with Crippen LogP contribution in [-0.2, 0) is 0 Å². The van der Waals surface area contributed by atoms with Gasteiger partial charge in [-0.05, 0) is 34.8 Å². The average Bonchev–Trinajstić information content (AvgIpc) is 3.06. The summed E-state index contributed by atoms with van der Waals surface area (Å²) >= 11 is 1.70. The third kappa shape index (κ3) is 2.72. The summed E-state index contributed by atoms with van der Waals surface area (Å²) in [6, 6.07) is 19.0. The van der Waals surface area contributed by atoms with Gasteiger partial charge in [0.1, 0.15) is 0 Å². The molecule has 3 heteroatoms. The van der Waals surface area contributed by atoms with E-state index in [1.807, 2.05) is 13.1 Å². The fourth-order valence-electron chi connectivity index (χ4n) is 2.96. The number of thiophene rings is 1. The van der Waals surface area contributed by atoms with Crippen LogP contribution >= 0.6 is 11.3 Å². The zero-order valence-corrected chi connectivity index (χ0v) is 12.8. The van der Waals surface area contributed by atoms with E-state index < -0.39 is 0 Å². The van der Waals surface area contributed by atoms with Gasteiger partial charge in [0, 0.05) is 16.8 Å². The Labute approximate surface area is 129 Å². The van der Waals surface area contributed by atoms with E-state index in [0.717, 1.165) is 0 Å². The molecule has 3 rings (SSSR count). The van der Waals surface area contributed by atoms with Crippen LogP contribution in [0.3, 0.4) is 0 Å². The number of fused-ring (bicyclic) bond motifs is 1. The zero-order valence-electron chi connectivity index (χ0n) is 12.0. The summed E-state index contributed by atoms with van der Waals surface area (Å²) in [7, 11) is 1.96. The lowest BCUT2D eigenvalue weighted by atomic mass is 9.89. The van der Waals surface area contributed by atoms with Crippen LogP contribution in [0.25, 0.3) is 10.8 Å². The van der Waals surface area contributed by atoms with Crippen LogP contribution < -0.4 is 5.32 Å². The summed E-state index contributed by atoms with van der Waals surface area (Å²) in [5.41, 5.74) is 1.24. The normalized spacial score (nSPS) is 14.2. The molecule has 0 spiro atoms. The Morgan fingerprint density at radius 2 is 1.86 bits per heavy atom. The second kappa shape index (κ2) is 6.39. The lowest BCUT2D eigenvalue weighted by Gasteiger charge is -2.26. The van der Waals surface area contributed by atoms with Crippen molar-refractivity contribution in [3.05, 3.63) is 70.4 Å². The molecule has 1 heterocycles. The van der Waals surface area contributed by atoms with E-state index in [1.54, 1.807) is 11.3 Å². The van der Waals surface area contributed by atoms with Crippen LogP contribution in [0, 0.1) is 0 Å². The van der Waals surface area contributed by atoms with E-state index in [-0.39, 0.29) is 18.6 Å². The van der Waals surface area contributed by atoms with E-state index in [1.165, 1.54) is 21.2 Å². The van der Waals surface area contributed by atoms with Gasteiger partial charge in [-0.2, -0.15) is 0 Å². The molecule has 0 aliphatic rings. The Morgan fingerprint density at radius 1 is 1.05 bits per heavy atom. The van der Waals surface area contributed by atoms with Gasteiger partial charge < -0.3 is 10.4 Å². The molecule has 2 nitrogen and oxygen atoms in total. The zero-order chi connectivity index (χ0) is 14.7. The minimum Gasteiger partial charge on any atom is -0.396 e. The average molecular weight is 297 g/mol. The largest absolute Gasteiger partial charge is 0.396 e. The predicted octanol–water partition coefficient (Wildman–Crippen LogP) is 3.94. The highest BCUT2D eigenvalue weighted by molar-refractivity contribution is 7.10. The second-order valence-corrected chi connectivity index (χ2v) is 6.12. The Kier molecular flexibility index (Phi) is 4.34. The van der Waals surface area contributed by atoms with Crippen molar-refractivity contribution in [3.63, 3.8) is 0 Å². The molecule has 2 atom stereocenters. The molecule has 0 saturated heterocycles. The van der Waals surface area contributed by atoms with Crippen molar-refractivity contribution in [2.75, 3.05) is 13.7 Å². The summed E-state index contributed by atoms with van der Waals surface area (Å²) in [5, 5.41) is 17.8. The number of benzene rings is 2.